The van der Waals surface area contributed by atoms with Crippen molar-refractivity contribution in [2.45, 2.75) is 44.9 Å². The zero-order valence-corrected chi connectivity index (χ0v) is 14.7. The molecule has 2 fully saturated rings. The maximum Gasteiger partial charge on any atom is 0.258 e. The van der Waals surface area contributed by atoms with Crippen molar-refractivity contribution in [3.8, 4) is 5.75 Å². The van der Waals surface area contributed by atoms with Gasteiger partial charge in [0.05, 0.1) is 11.8 Å². The minimum absolute atomic E-state index is 0.0186. The van der Waals surface area contributed by atoms with Gasteiger partial charge in [0.1, 0.15) is 12.4 Å². The van der Waals surface area contributed by atoms with Gasteiger partial charge in [0.25, 0.3) is 5.91 Å². The molecule has 6 heteroatoms. The first-order valence-electron chi connectivity index (χ1n) is 8.97. The predicted octanol–water partition coefficient (Wildman–Crippen LogP) is 2.66. The highest BCUT2D eigenvalue weighted by Gasteiger charge is 2.41. The lowest BCUT2D eigenvalue weighted by Gasteiger charge is -2.27. The summed E-state index contributed by atoms with van der Waals surface area (Å²) in [5.74, 6) is 1.18. The van der Waals surface area contributed by atoms with Gasteiger partial charge in [-0.15, -0.1) is 0 Å². The number of carbonyl (C=O) groups excluding carboxylic acids is 2. The standard InChI is InChI=1S/C20H22N2O4/c1-13-2-6-16(7-3-13)26-12-18-17(8-9-25-18)20(24)22-14-4-5-15(22)11-21-19(23)10-14/h2-3,6-9,14-15H,4-5,10-12H2,1H3,(H,21,23)/t14-,15+/m1/s1. The number of rotatable bonds is 4. The van der Waals surface area contributed by atoms with E-state index in [9.17, 15) is 9.59 Å². The molecule has 4 rings (SSSR count). The quantitative estimate of drug-likeness (QED) is 0.916. The van der Waals surface area contributed by atoms with Gasteiger partial charge in [-0.1, -0.05) is 17.7 Å². The second-order valence-corrected chi connectivity index (χ2v) is 6.96. The molecule has 6 nitrogen and oxygen atoms in total. The van der Waals surface area contributed by atoms with Gasteiger partial charge in [-0.05, 0) is 38.0 Å². The van der Waals surface area contributed by atoms with E-state index in [-0.39, 0.29) is 30.5 Å². The number of furan rings is 1. The van der Waals surface area contributed by atoms with Crippen LogP contribution in [0.4, 0.5) is 0 Å². The minimum Gasteiger partial charge on any atom is -0.486 e. The fourth-order valence-corrected chi connectivity index (χ4v) is 3.78. The molecule has 0 radical (unpaired) electrons. The first-order valence-corrected chi connectivity index (χ1v) is 8.97. The molecular formula is C20H22N2O4. The van der Waals surface area contributed by atoms with Gasteiger partial charge in [-0.25, -0.2) is 0 Å². The van der Waals surface area contributed by atoms with Crippen molar-refractivity contribution < 1.29 is 18.7 Å². The third-order valence-electron chi connectivity index (χ3n) is 5.18. The summed E-state index contributed by atoms with van der Waals surface area (Å²) in [4.78, 5) is 26.8. The van der Waals surface area contributed by atoms with E-state index in [2.05, 4.69) is 5.32 Å². The number of hydrogen-bond donors (Lipinski definition) is 1. The molecule has 2 atom stereocenters. The summed E-state index contributed by atoms with van der Waals surface area (Å²) in [6.07, 6.45) is 3.68. The molecule has 0 saturated carbocycles. The summed E-state index contributed by atoms with van der Waals surface area (Å²) >= 11 is 0. The van der Waals surface area contributed by atoms with Gasteiger partial charge in [-0.2, -0.15) is 0 Å². The monoisotopic (exact) mass is 354 g/mol. The third kappa shape index (κ3) is 3.19. The SMILES string of the molecule is Cc1ccc(OCc2occc2C(=O)N2[C@@H]3CC[C@H]2CNC(=O)C3)cc1. The van der Waals surface area contributed by atoms with Crippen molar-refractivity contribution in [1.82, 2.24) is 10.2 Å². The van der Waals surface area contributed by atoms with Crippen molar-refractivity contribution in [3.63, 3.8) is 0 Å². The Kier molecular flexibility index (Phi) is 4.41. The molecule has 1 aromatic heterocycles. The molecule has 0 spiro atoms. The van der Waals surface area contributed by atoms with E-state index in [4.69, 9.17) is 9.15 Å². The number of hydrogen-bond acceptors (Lipinski definition) is 4. The highest BCUT2D eigenvalue weighted by molar-refractivity contribution is 5.96. The van der Waals surface area contributed by atoms with Crippen LogP contribution in [0.2, 0.25) is 0 Å². The Morgan fingerprint density at radius 2 is 2.00 bits per heavy atom. The Morgan fingerprint density at radius 1 is 1.23 bits per heavy atom. The fraction of sp³-hybridized carbons (Fsp3) is 0.400. The van der Waals surface area contributed by atoms with Crippen LogP contribution in [0.1, 0.15) is 40.9 Å². The second-order valence-electron chi connectivity index (χ2n) is 6.96. The van der Waals surface area contributed by atoms with Gasteiger partial charge in [0.15, 0.2) is 5.76 Å². The van der Waals surface area contributed by atoms with Crippen molar-refractivity contribution in [1.29, 1.82) is 0 Å². The molecule has 0 aliphatic carbocycles. The van der Waals surface area contributed by atoms with E-state index < -0.39 is 0 Å². The van der Waals surface area contributed by atoms with Gasteiger partial charge in [0.2, 0.25) is 5.91 Å². The summed E-state index contributed by atoms with van der Waals surface area (Å²) < 4.78 is 11.3. The summed E-state index contributed by atoms with van der Waals surface area (Å²) in [5.41, 5.74) is 1.68. The smallest absolute Gasteiger partial charge is 0.258 e. The Labute approximate surface area is 152 Å². The summed E-state index contributed by atoms with van der Waals surface area (Å²) in [5, 5.41) is 2.89. The normalized spacial score (nSPS) is 22.0. The average molecular weight is 354 g/mol. The van der Waals surface area contributed by atoms with E-state index in [1.807, 2.05) is 36.1 Å². The van der Waals surface area contributed by atoms with Crippen LogP contribution in [0.25, 0.3) is 0 Å². The van der Waals surface area contributed by atoms with Gasteiger partial charge < -0.3 is 19.4 Å². The maximum absolute atomic E-state index is 13.1. The largest absolute Gasteiger partial charge is 0.486 e. The first-order chi connectivity index (χ1) is 12.6. The van der Waals surface area contributed by atoms with E-state index >= 15 is 0 Å². The molecule has 2 bridgehead atoms. The molecule has 2 aliphatic heterocycles. The molecule has 1 aromatic carbocycles. The van der Waals surface area contributed by atoms with Gasteiger partial charge in [0, 0.05) is 25.0 Å². The molecule has 26 heavy (non-hydrogen) atoms. The van der Waals surface area contributed by atoms with E-state index in [0.29, 0.717) is 24.3 Å². The first kappa shape index (κ1) is 16.7. The number of nitrogens with zero attached hydrogens (tertiary/aromatic N) is 1. The van der Waals surface area contributed by atoms with Gasteiger partial charge in [-0.3, -0.25) is 9.59 Å². The van der Waals surface area contributed by atoms with Crippen molar-refractivity contribution in [3.05, 3.63) is 53.5 Å². The van der Waals surface area contributed by atoms with E-state index in [0.717, 1.165) is 24.2 Å². The van der Waals surface area contributed by atoms with E-state index in [1.54, 1.807) is 6.07 Å². The summed E-state index contributed by atoms with van der Waals surface area (Å²) in [7, 11) is 0. The second kappa shape index (κ2) is 6.86. The minimum atomic E-state index is -0.0785. The lowest BCUT2D eigenvalue weighted by Crippen LogP contribution is -2.42. The average Bonchev–Trinajstić information content (AvgIpc) is 3.21. The van der Waals surface area contributed by atoms with Crippen LogP contribution in [0.3, 0.4) is 0 Å². The highest BCUT2D eigenvalue weighted by Crippen LogP contribution is 2.31. The Bertz CT molecular complexity index is 811. The summed E-state index contributed by atoms with van der Waals surface area (Å²) in [6, 6.07) is 9.45. The van der Waals surface area contributed by atoms with Crippen molar-refractivity contribution in [2.75, 3.05) is 6.54 Å². The molecular weight excluding hydrogens is 332 g/mol. The van der Waals surface area contributed by atoms with Crippen LogP contribution >= 0.6 is 0 Å². The Hall–Kier alpha value is -2.76. The highest BCUT2D eigenvalue weighted by atomic mass is 16.5. The molecule has 1 N–H and O–H groups in total. The number of ether oxygens (including phenoxy) is 1. The van der Waals surface area contributed by atoms with Crippen LogP contribution in [0.5, 0.6) is 5.75 Å². The van der Waals surface area contributed by atoms with Gasteiger partial charge >= 0.3 is 0 Å². The van der Waals surface area contributed by atoms with Crippen molar-refractivity contribution in [2.24, 2.45) is 0 Å². The maximum atomic E-state index is 13.1. The van der Waals surface area contributed by atoms with Crippen LogP contribution in [-0.2, 0) is 11.4 Å². The molecule has 2 aromatic rings. The van der Waals surface area contributed by atoms with Crippen molar-refractivity contribution >= 4 is 11.8 Å². The molecule has 2 saturated heterocycles. The number of nitrogens with one attached hydrogen (secondary N) is 1. The van der Waals surface area contributed by atoms with Crippen LogP contribution < -0.4 is 10.1 Å². The zero-order valence-electron chi connectivity index (χ0n) is 14.7. The summed E-state index contributed by atoms with van der Waals surface area (Å²) in [6.45, 7) is 2.73. The zero-order chi connectivity index (χ0) is 18.1. The van der Waals surface area contributed by atoms with Crippen LogP contribution in [0.15, 0.2) is 41.0 Å². The molecule has 3 heterocycles. The Balaban J connectivity index is 1.50. The topological polar surface area (TPSA) is 71.8 Å². The molecule has 0 unspecified atom stereocenters. The van der Waals surface area contributed by atoms with Crippen LogP contribution in [0, 0.1) is 6.92 Å². The lowest BCUT2D eigenvalue weighted by molar-refractivity contribution is -0.121. The number of benzene rings is 1. The molecule has 2 amide bonds. The molecule has 136 valence electrons. The lowest BCUT2D eigenvalue weighted by atomic mass is 10.1. The Morgan fingerprint density at radius 3 is 2.81 bits per heavy atom. The fourth-order valence-electron chi connectivity index (χ4n) is 3.78. The number of amides is 2. The predicted molar refractivity (Wildman–Crippen MR) is 94.8 cm³/mol. The third-order valence-corrected chi connectivity index (χ3v) is 5.18. The van der Waals surface area contributed by atoms with E-state index in [1.165, 1.54) is 6.26 Å². The van der Waals surface area contributed by atoms with Crippen LogP contribution in [-0.4, -0.2) is 35.3 Å². The number of aryl methyl sites for hydroxylation is 1. The molecule has 2 aliphatic rings. The number of carbonyl (C=O) groups is 2. The number of fused-ring (bicyclic) bond motifs is 2.